The van der Waals surface area contributed by atoms with Crippen LogP contribution in [0.15, 0.2) is 42.5 Å². The van der Waals surface area contributed by atoms with Gasteiger partial charge in [0.2, 0.25) is 0 Å². The summed E-state index contributed by atoms with van der Waals surface area (Å²) in [6.45, 7) is 2.55. The number of aliphatic carboxylic acids is 1. The highest BCUT2D eigenvalue weighted by atomic mass is 19.1. The number of aryl methyl sites for hydroxylation is 1. The Bertz CT molecular complexity index is 903. The second-order valence-corrected chi connectivity index (χ2v) is 6.90. The van der Waals surface area contributed by atoms with Gasteiger partial charge < -0.3 is 15.3 Å². The molecule has 1 aliphatic heterocycles. The standard InChI is InChI=1S/C21H21FN2O4/c1-13-2-5-16(22)12-18(13)19(25)23-17-6-3-14(4-7-17)20(26)24-10-8-15(9-11-24)21(27)28/h2-7,12,15H,8-11H2,1H3,(H,23,25)(H,27,28). The van der Waals surface area contributed by atoms with Gasteiger partial charge in [-0.05, 0) is 61.7 Å². The van der Waals surface area contributed by atoms with Crippen molar-refractivity contribution in [1.29, 1.82) is 0 Å². The van der Waals surface area contributed by atoms with Gasteiger partial charge in [-0.1, -0.05) is 6.07 Å². The largest absolute Gasteiger partial charge is 0.481 e. The number of carboxylic acids is 1. The van der Waals surface area contributed by atoms with Crippen LogP contribution in [-0.4, -0.2) is 40.9 Å². The normalized spacial score (nSPS) is 14.6. The molecular weight excluding hydrogens is 363 g/mol. The van der Waals surface area contributed by atoms with Crippen molar-refractivity contribution in [3.8, 4) is 0 Å². The number of piperidine rings is 1. The number of carbonyl (C=O) groups is 3. The molecule has 1 heterocycles. The molecular formula is C21H21FN2O4. The molecule has 1 aliphatic rings. The zero-order valence-corrected chi connectivity index (χ0v) is 15.4. The van der Waals surface area contributed by atoms with E-state index in [0.717, 1.165) is 0 Å². The van der Waals surface area contributed by atoms with E-state index >= 15 is 0 Å². The van der Waals surface area contributed by atoms with Crippen molar-refractivity contribution in [3.63, 3.8) is 0 Å². The molecule has 7 heteroatoms. The molecule has 0 saturated carbocycles. The van der Waals surface area contributed by atoms with Crippen LogP contribution in [0.25, 0.3) is 0 Å². The minimum atomic E-state index is -0.819. The summed E-state index contributed by atoms with van der Waals surface area (Å²) in [6.07, 6.45) is 0.893. The van der Waals surface area contributed by atoms with Gasteiger partial charge in [0.05, 0.1) is 5.92 Å². The fraction of sp³-hybridized carbons (Fsp3) is 0.286. The summed E-state index contributed by atoms with van der Waals surface area (Å²) in [6, 6.07) is 10.5. The predicted molar refractivity (Wildman–Crippen MR) is 102 cm³/mol. The molecule has 3 rings (SSSR count). The first-order chi connectivity index (χ1) is 13.3. The second-order valence-electron chi connectivity index (χ2n) is 6.90. The highest BCUT2D eigenvalue weighted by molar-refractivity contribution is 6.05. The quantitative estimate of drug-likeness (QED) is 0.847. The number of halogens is 1. The third kappa shape index (κ3) is 4.36. The van der Waals surface area contributed by atoms with Crippen LogP contribution in [-0.2, 0) is 4.79 Å². The van der Waals surface area contributed by atoms with Crippen LogP contribution < -0.4 is 5.32 Å². The molecule has 0 spiro atoms. The zero-order valence-electron chi connectivity index (χ0n) is 15.4. The molecule has 28 heavy (non-hydrogen) atoms. The maximum absolute atomic E-state index is 13.4. The number of benzene rings is 2. The van der Waals surface area contributed by atoms with Crippen LogP contribution in [0.5, 0.6) is 0 Å². The average Bonchev–Trinajstić information content (AvgIpc) is 2.70. The number of hydrogen-bond acceptors (Lipinski definition) is 3. The molecule has 0 aliphatic carbocycles. The summed E-state index contributed by atoms with van der Waals surface area (Å²) < 4.78 is 13.4. The summed E-state index contributed by atoms with van der Waals surface area (Å²) >= 11 is 0. The zero-order chi connectivity index (χ0) is 20.3. The Labute approximate surface area is 162 Å². The van der Waals surface area contributed by atoms with E-state index < -0.39 is 23.6 Å². The van der Waals surface area contributed by atoms with Gasteiger partial charge in [0.1, 0.15) is 5.82 Å². The Morgan fingerprint density at radius 1 is 1.07 bits per heavy atom. The first-order valence-electron chi connectivity index (χ1n) is 9.05. The number of rotatable bonds is 4. The van der Waals surface area contributed by atoms with Gasteiger partial charge in [-0.15, -0.1) is 0 Å². The highest BCUT2D eigenvalue weighted by Crippen LogP contribution is 2.20. The molecule has 2 aromatic rings. The fourth-order valence-corrected chi connectivity index (χ4v) is 3.25. The lowest BCUT2D eigenvalue weighted by atomic mass is 9.96. The van der Waals surface area contributed by atoms with Crippen LogP contribution in [0.3, 0.4) is 0 Å². The third-order valence-electron chi connectivity index (χ3n) is 4.97. The fourth-order valence-electron chi connectivity index (χ4n) is 3.25. The second kappa shape index (κ2) is 8.21. The summed E-state index contributed by atoms with van der Waals surface area (Å²) in [4.78, 5) is 37.6. The topological polar surface area (TPSA) is 86.7 Å². The number of nitrogens with one attached hydrogen (secondary N) is 1. The molecule has 0 atom stereocenters. The van der Waals surface area contributed by atoms with E-state index in [1.165, 1.54) is 12.1 Å². The predicted octanol–water partition coefficient (Wildman–Crippen LogP) is 3.32. The Hall–Kier alpha value is -3.22. The smallest absolute Gasteiger partial charge is 0.306 e. The van der Waals surface area contributed by atoms with Gasteiger partial charge in [0.25, 0.3) is 11.8 Å². The van der Waals surface area contributed by atoms with E-state index in [2.05, 4.69) is 5.32 Å². The number of amides is 2. The lowest BCUT2D eigenvalue weighted by Crippen LogP contribution is -2.40. The molecule has 146 valence electrons. The summed E-state index contributed by atoms with van der Waals surface area (Å²) in [5, 5.41) is 11.7. The van der Waals surface area contributed by atoms with Crippen LogP contribution in [0.1, 0.15) is 39.1 Å². The minimum Gasteiger partial charge on any atom is -0.481 e. The molecule has 0 radical (unpaired) electrons. The molecule has 6 nitrogen and oxygen atoms in total. The molecule has 2 amide bonds. The number of nitrogens with zero attached hydrogens (tertiary/aromatic N) is 1. The Balaban J connectivity index is 1.63. The van der Waals surface area contributed by atoms with Crippen LogP contribution in [0.4, 0.5) is 10.1 Å². The van der Waals surface area contributed by atoms with Crippen molar-refractivity contribution in [2.75, 3.05) is 18.4 Å². The average molecular weight is 384 g/mol. The van der Waals surface area contributed by atoms with E-state index in [9.17, 15) is 18.8 Å². The van der Waals surface area contributed by atoms with Gasteiger partial charge in [-0.25, -0.2) is 4.39 Å². The van der Waals surface area contributed by atoms with E-state index in [1.807, 2.05) is 0 Å². The molecule has 2 N–H and O–H groups in total. The minimum absolute atomic E-state index is 0.164. The molecule has 0 aromatic heterocycles. The molecule has 2 aromatic carbocycles. The number of likely N-dealkylation sites (tertiary alicyclic amines) is 1. The van der Waals surface area contributed by atoms with Crippen LogP contribution in [0, 0.1) is 18.7 Å². The van der Waals surface area contributed by atoms with Gasteiger partial charge in [-0.2, -0.15) is 0 Å². The lowest BCUT2D eigenvalue weighted by molar-refractivity contribution is -0.143. The maximum Gasteiger partial charge on any atom is 0.306 e. The van der Waals surface area contributed by atoms with Gasteiger partial charge in [-0.3, -0.25) is 14.4 Å². The summed E-state index contributed by atoms with van der Waals surface area (Å²) in [5.41, 5.74) is 1.88. The van der Waals surface area contributed by atoms with Crippen LogP contribution in [0.2, 0.25) is 0 Å². The number of carboxylic acid groups (broad SMARTS) is 1. The van der Waals surface area contributed by atoms with Crippen molar-refractivity contribution in [2.24, 2.45) is 5.92 Å². The number of anilines is 1. The third-order valence-corrected chi connectivity index (χ3v) is 4.97. The van der Waals surface area contributed by atoms with E-state index in [0.29, 0.717) is 42.7 Å². The highest BCUT2D eigenvalue weighted by Gasteiger charge is 2.27. The molecule has 0 bridgehead atoms. The monoisotopic (exact) mass is 384 g/mol. The SMILES string of the molecule is Cc1ccc(F)cc1C(=O)Nc1ccc(C(=O)N2CCC(C(=O)O)CC2)cc1. The van der Waals surface area contributed by atoms with Crippen LogP contribution >= 0.6 is 0 Å². The van der Waals surface area contributed by atoms with Gasteiger partial charge >= 0.3 is 5.97 Å². The van der Waals surface area contributed by atoms with Crippen molar-refractivity contribution in [2.45, 2.75) is 19.8 Å². The molecule has 0 unspecified atom stereocenters. The molecule has 1 fully saturated rings. The first kappa shape index (κ1) is 19.5. The van der Waals surface area contributed by atoms with Gasteiger partial charge in [0.15, 0.2) is 0 Å². The van der Waals surface area contributed by atoms with Crippen molar-refractivity contribution >= 4 is 23.5 Å². The Morgan fingerprint density at radius 3 is 2.32 bits per heavy atom. The van der Waals surface area contributed by atoms with Gasteiger partial charge in [0, 0.05) is 29.9 Å². The van der Waals surface area contributed by atoms with E-state index in [1.54, 1.807) is 42.2 Å². The first-order valence-corrected chi connectivity index (χ1v) is 9.05. The maximum atomic E-state index is 13.4. The van der Waals surface area contributed by atoms with Crippen molar-refractivity contribution < 1.29 is 23.9 Å². The van der Waals surface area contributed by atoms with E-state index in [4.69, 9.17) is 5.11 Å². The number of carbonyl (C=O) groups excluding carboxylic acids is 2. The summed E-state index contributed by atoms with van der Waals surface area (Å²) in [7, 11) is 0. The van der Waals surface area contributed by atoms with Crippen molar-refractivity contribution in [1.82, 2.24) is 4.90 Å². The molecule has 1 saturated heterocycles. The number of hydrogen-bond donors (Lipinski definition) is 2. The lowest BCUT2D eigenvalue weighted by Gasteiger charge is -2.30. The van der Waals surface area contributed by atoms with E-state index in [-0.39, 0.29) is 11.5 Å². The Morgan fingerprint density at radius 2 is 1.71 bits per heavy atom. The van der Waals surface area contributed by atoms with Crippen molar-refractivity contribution in [3.05, 3.63) is 65.0 Å². The Kier molecular flexibility index (Phi) is 5.73. The summed E-state index contributed by atoms with van der Waals surface area (Å²) in [5.74, 6) is -2.29.